The highest BCUT2D eigenvalue weighted by Gasteiger charge is 2.17. The monoisotopic (exact) mass is 389 g/mol. The summed E-state index contributed by atoms with van der Waals surface area (Å²) >= 11 is 0. The molecule has 0 bridgehead atoms. The highest BCUT2D eigenvalue weighted by Crippen LogP contribution is 2.43. The van der Waals surface area contributed by atoms with Gasteiger partial charge in [-0.2, -0.15) is 0 Å². The summed E-state index contributed by atoms with van der Waals surface area (Å²) in [6, 6.07) is 14.1. The minimum atomic E-state index is 0.555. The van der Waals surface area contributed by atoms with Gasteiger partial charge in [-0.15, -0.1) is 0 Å². The van der Waals surface area contributed by atoms with Gasteiger partial charge in [-0.1, -0.05) is 12.1 Å². The van der Waals surface area contributed by atoms with Crippen LogP contribution in [0.4, 0.5) is 5.69 Å². The maximum absolute atomic E-state index is 6.14. The Kier molecular flexibility index (Phi) is 4.76. The molecule has 29 heavy (non-hydrogen) atoms. The lowest BCUT2D eigenvalue weighted by Gasteiger charge is -2.15. The fourth-order valence-corrected chi connectivity index (χ4v) is 3.49. The summed E-state index contributed by atoms with van der Waals surface area (Å²) < 4.78 is 16.5. The van der Waals surface area contributed by atoms with Gasteiger partial charge < -0.3 is 24.9 Å². The SMILES string of the molecule is COc1cc(-c2cc(-c3ccc(C)c(N)c3)cc3[nH]cnc23)cc(OC)c1OC. The van der Waals surface area contributed by atoms with Gasteiger partial charge in [0, 0.05) is 11.3 Å². The van der Waals surface area contributed by atoms with Crippen LogP contribution in [-0.4, -0.2) is 31.3 Å². The van der Waals surface area contributed by atoms with Gasteiger partial charge in [0.25, 0.3) is 0 Å². The van der Waals surface area contributed by atoms with E-state index in [1.165, 1.54) is 0 Å². The number of nitrogen functional groups attached to an aromatic ring is 1. The van der Waals surface area contributed by atoms with Gasteiger partial charge >= 0.3 is 0 Å². The maximum atomic E-state index is 6.14. The Morgan fingerprint density at radius 3 is 2.17 bits per heavy atom. The zero-order valence-corrected chi connectivity index (χ0v) is 16.9. The van der Waals surface area contributed by atoms with Gasteiger partial charge in [0.05, 0.1) is 38.7 Å². The molecular weight excluding hydrogens is 366 g/mol. The highest BCUT2D eigenvalue weighted by molar-refractivity contribution is 5.96. The van der Waals surface area contributed by atoms with Crippen molar-refractivity contribution in [2.24, 2.45) is 0 Å². The molecule has 0 fully saturated rings. The van der Waals surface area contributed by atoms with E-state index < -0.39 is 0 Å². The second-order valence-corrected chi connectivity index (χ2v) is 6.81. The van der Waals surface area contributed by atoms with Crippen LogP contribution >= 0.6 is 0 Å². The van der Waals surface area contributed by atoms with Crippen LogP contribution in [0, 0.1) is 6.92 Å². The van der Waals surface area contributed by atoms with Crippen molar-refractivity contribution in [1.29, 1.82) is 0 Å². The Hall–Kier alpha value is -3.67. The van der Waals surface area contributed by atoms with Crippen molar-refractivity contribution in [3.63, 3.8) is 0 Å². The molecule has 6 heteroatoms. The zero-order valence-electron chi connectivity index (χ0n) is 16.9. The molecule has 4 aromatic rings. The minimum Gasteiger partial charge on any atom is -0.493 e. The minimum absolute atomic E-state index is 0.555. The number of aromatic amines is 1. The number of hydrogen-bond donors (Lipinski definition) is 2. The van der Waals surface area contributed by atoms with Crippen LogP contribution in [0.3, 0.4) is 0 Å². The molecule has 0 spiro atoms. The molecule has 3 N–H and O–H groups in total. The zero-order chi connectivity index (χ0) is 20.5. The lowest BCUT2D eigenvalue weighted by Crippen LogP contribution is -1.96. The van der Waals surface area contributed by atoms with Crippen LogP contribution < -0.4 is 19.9 Å². The third-order valence-electron chi connectivity index (χ3n) is 5.11. The summed E-state index contributed by atoms with van der Waals surface area (Å²) in [7, 11) is 4.81. The second kappa shape index (κ2) is 7.39. The first-order chi connectivity index (χ1) is 14.0. The van der Waals surface area contributed by atoms with Gasteiger partial charge in [-0.25, -0.2) is 4.98 Å². The molecule has 1 aromatic heterocycles. The molecule has 3 aromatic carbocycles. The van der Waals surface area contributed by atoms with Crippen molar-refractivity contribution in [2.75, 3.05) is 27.1 Å². The number of benzene rings is 3. The number of nitrogens with two attached hydrogens (primary N) is 1. The molecule has 0 saturated heterocycles. The first kappa shape index (κ1) is 18.7. The third kappa shape index (κ3) is 3.23. The van der Waals surface area contributed by atoms with E-state index in [9.17, 15) is 0 Å². The van der Waals surface area contributed by atoms with E-state index in [-0.39, 0.29) is 0 Å². The van der Waals surface area contributed by atoms with Crippen molar-refractivity contribution in [2.45, 2.75) is 6.92 Å². The number of aryl methyl sites for hydroxylation is 1. The van der Waals surface area contributed by atoms with Crippen LogP contribution in [0.25, 0.3) is 33.3 Å². The lowest BCUT2D eigenvalue weighted by molar-refractivity contribution is 0.324. The quantitative estimate of drug-likeness (QED) is 0.479. The molecule has 1 heterocycles. The molecule has 0 aliphatic rings. The summed E-state index contributed by atoms with van der Waals surface area (Å²) in [5, 5.41) is 0. The van der Waals surface area contributed by atoms with E-state index in [1.54, 1.807) is 27.7 Å². The predicted molar refractivity (Wildman–Crippen MR) is 116 cm³/mol. The summed E-state index contributed by atoms with van der Waals surface area (Å²) in [5.74, 6) is 1.74. The average molecular weight is 389 g/mol. The van der Waals surface area contributed by atoms with Crippen LogP contribution in [0.1, 0.15) is 5.56 Å². The molecule has 0 aliphatic carbocycles. The number of aromatic nitrogens is 2. The van der Waals surface area contributed by atoms with Crippen molar-refractivity contribution in [3.8, 4) is 39.5 Å². The van der Waals surface area contributed by atoms with Gasteiger partial charge in [-0.3, -0.25) is 0 Å². The summed E-state index contributed by atoms with van der Waals surface area (Å²) in [6.45, 7) is 2.00. The van der Waals surface area contributed by atoms with Crippen molar-refractivity contribution in [1.82, 2.24) is 9.97 Å². The van der Waals surface area contributed by atoms with E-state index in [2.05, 4.69) is 28.2 Å². The average Bonchev–Trinajstić information content (AvgIpc) is 3.22. The van der Waals surface area contributed by atoms with E-state index in [0.29, 0.717) is 17.2 Å². The summed E-state index contributed by atoms with van der Waals surface area (Å²) in [6.07, 6.45) is 1.69. The number of rotatable bonds is 5. The number of nitrogens with one attached hydrogen (secondary N) is 1. The predicted octanol–water partition coefficient (Wildman–Crippen LogP) is 4.81. The number of H-pyrrole nitrogens is 1. The topological polar surface area (TPSA) is 82.4 Å². The molecule has 0 unspecified atom stereocenters. The van der Waals surface area contributed by atoms with E-state index >= 15 is 0 Å². The van der Waals surface area contributed by atoms with Crippen LogP contribution in [-0.2, 0) is 0 Å². The van der Waals surface area contributed by atoms with Crippen LogP contribution in [0.2, 0.25) is 0 Å². The maximum Gasteiger partial charge on any atom is 0.203 e. The third-order valence-corrected chi connectivity index (χ3v) is 5.11. The van der Waals surface area contributed by atoms with Gasteiger partial charge in [-0.05, 0) is 59.5 Å². The second-order valence-electron chi connectivity index (χ2n) is 6.81. The largest absolute Gasteiger partial charge is 0.493 e. The Balaban J connectivity index is 1.96. The number of methoxy groups -OCH3 is 3. The first-order valence-electron chi connectivity index (χ1n) is 9.19. The number of imidazole rings is 1. The molecule has 0 atom stereocenters. The van der Waals surface area contributed by atoms with Crippen molar-refractivity contribution < 1.29 is 14.2 Å². The van der Waals surface area contributed by atoms with E-state index in [0.717, 1.165) is 44.5 Å². The molecule has 4 rings (SSSR count). The smallest absolute Gasteiger partial charge is 0.203 e. The highest BCUT2D eigenvalue weighted by atomic mass is 16.5. The molecule has 0 aliphatic heterocycles. The molecule has 148 valence electrons. The number of hydrogen-bond acceptors (Lipinski definition) is 5. The molecule has 0 radical (unpaired) electrons. The van der Waals surface area contributed by atoms with Crippen LogP contribution in [0.5, 0.6) is 17.2 Å². The van der Waals surface area contributed by atoms with Gasteiger partial charge in [0.2, 0.25) is 5.75 Å². The Morgan fingerprint density at radius 1 is 0.828 bits per heavy atom. The molecule has 0 saturated carbocycles. The molecular formula is C23H23N3O3. The normalized spacial score (nSPS) is 10.9. The molecule has 0 amide bonds. The standard InChI is InChI=1S/C23H23N3O3/c1-13-5-6-14(8-18(13)24)15-7-17(22-19(9-15)25-12-26-22)16-10-20(27-2)23(29-4)21(11-16)28-3/h5-12H,24H2,1-4H3,(H,25,26). The fraction of sp³-hybridized carbons (Fsp3) is 0.174. The number of fused-ring (bicyclic) bond motifs is 1. The Morgan fingerprint density at radius 2 is 1.55 bits per heavy atom. The number of nitrogens with zero attached hydrogens (tertiary/aromatic N) is 1. The number of anilines is 1. The Bertz CT molecular complexity index is 1170. The van der Waals surface area contributed by atoms with Gasteiger partial charge in [0.15, 0.2) is 11.5 Å². The van der Waals surface area contributed by atoms with Crippen molar-refractivity contribution >= 4 is 16.7 Å². The fourth-order valence-electron chi connectivity index (χ4n) is 3.49. The summed E-state index contributed by atoms with van der Waals surface area (Å²) in [5.41, 5.74) is 13.7. The lowest BCUT2D eigenvalue weighted by atomic mass is 9.96. The van der Waals surface area contributed by atoms with E-state index in [4.69, 9.17) is 19.9 Å². The molecule has 6 nitrogen and oxygen atoms in total. The summed E-state index contributed by atoms with van der Waals surface area (Å²) in [4.78, 5) is 7.74. The van der Waals surface area contributed by atoms with Gasteiger partial charge in [0.1, 0.15) is 0 Å². The van der Waals surface area contributed by atoms with E-state index in [1.807, 2.05) is 31.2 Å². The van der Waals surface area contributed by atoms with Crippen molar-refractivity contribution in [3.05, 3.63) is 54.4 Å². The first-order valence-corrected chi connectivity index (χ1v) is 9.19. The number of ether oxygens (including phenoxy) is 3. The van der Waals surface area contributed by atoms with Crippen LogP contribution in [0.15, 0.2) is 48.8 Å². The Labute approximate surface area is 169 Å².